The second-order valence-corrected chi connectivity index (χ2v) is 3.89. The number of amides is 1. The van der Waals surface area contributed by atoms with Crippen LogP contribution >= 0.6 is 0 Å². The number of rotatable bonds is 7. The van der Waals surface area contributed by atoms with Crippen molar-refractivity contribution in [2.75, 3.05) is 6.61 Å². The molecule has 17 heavy (non-hydrogen) atoms. The third-order valence-corrected chi connectivity index (χ3v) is 2.53. The molecule has 1 aromatic carbocycles. The summed E-state index contributed by atoms with van der Waals surface area (Å²) in [7, 11) is 0. The van der Waals surface area contributed by atoms with Gasteiger partial charge in [0.25, 0.3) is 0 Å². The van der Waals surface area contributed by atoms with Crippen molar-refractivity contribution in [2.45, 2.75) is 25.3 Å². The maximum Gasteiger partial charge on any atom is 0.220 e. The van der Waals surface area contributed by atoms with E-state index in [4.69, 9.17) is 0 Å². The summed E-state index contributed by atoms with van der Waals surface area (Å²) in [6.45, 7) is 3.52. The summed E-state index contributed by atoms with van der Waals surface area (Å²) in [5, 5.41) is 12.1. The topological polar surface area (TPSA) is 49.3 Å². The lowest BCUT2D eigenvalue weighted by Gasteiger charge is -2.16. The zero-order chi connectivity index (χ0) is 12.5. The van der Waals surface area contributed by atoms with Crippen LogP contribution in [0, 0.1) is 0 Å². The van der Waals surface area contributed by atoms with Gasteiger partial charge >= 0.3 is 0 Å². The zero-order valence-electron chi connectivity index (χ0n) is 9.93. The molecule has 0 aliphatic heterocycles. The van der Waals surface area contributed by atoms with Gasteiger partial charge in [0.2, 0.25) is 5.91 Å². The molecule has 3 heteroatoms. The van der Waals surface area contributed by atoms with Crippen LogP contribution in [0.5, 0.6) is 0 Å². The van der Waals surface area contributed by atoms with Gasteiger partial charge in [-0.1, -0.05) is 36.4 Å². The number of carbonyl (C=O) groups is 1. The molecule has 2 N–H and O–H groups in total. The fourth-order valence-electron chi connectivity index (χ4n) is 1.59. The minimum atomic E-state index is -0.313. The van der Waals surface area contributed by atoms with E-state index in [1.54, 1.807) is 6.08 Å². The van der Waals surface area contributed by atoms with E-state index < -0.39 is 0 Å². The normalized spacial score (nSPS) is 11.8. The van der Waals surface area contributed by atoms with Gasteiger partial charge in [-0.15, -0.1) is 6.58 Å². The third-order valence-electron chi connectivity index (χ3n) is 2.53. The molecule has 0 aliphatic carbocycles. The first-order chi connectivity index (χ1) is 8.27. The first-order valence-electron chi connectivity index (χ1n) is 5.84. The van der Waals surface area contributed by atoms with Crippen LogP contribution < -0.4 is 5.32 Å². The fourth-order valence-corrected chi connectivity index (χ4v) is 1.59. The number of unbranched alkanes of at least 4 members (excludes halogenated alkanes) is 1. The van der Waals surface area contributed by atoms with Gasteiger partial charge in [0, 0.05) is 6.42 Å². The van der Waals surface area contributed by atoms with Crippen molar-refractivity contribution >= 4 is 5.91 Å². The molecular weight excluding hydrogens is 214 g/mol. The quantitative estimate of drug-likeness (QED) is 0.560. The number of aliphatic hydroxyl groups is 1. The molecule has 0 heterocycles. The van der Waals surface area contributed by atoms with Gasteiger partial charge in [0.15, 0.2) is 0 Å². The van der Waals surface area contributed by atoms with Crippen molar-refractivity contribution in [3.05, 3.63) is 48.6 Å². The van der Waals surface area contributed by atoms with E-state index in [9.17, 15) is 9.90 Å². The second-order valence-electron chi connectivity index (χ2n) is 3.89. The number of hydrogen-bond acceptors (Lipinski definition) is 2. The zero-order valence-corrected chi connectivity index (χ0v) is 9.93. The summed E-state index contributed by atoms with van der Waals surface area (Å²) in [4.78, 5) is 11.6. The Balaban J connectivity index is 2.47. The third kappa shape index (κ3) is 4.83. The molecule has 0 aliphatic rings. The lowest BCUT2D eigenvalue weighted by atomic mass is 10.1. The molecular formula is C14H19NO2. The molecule has 0 radical (unpaired) electrons. The maximum atomic E-state index is 11.6. The number of carbonyl (C=O) groups excluding carboxylic acids is 1. The highest BCUT2D eigenvalue weighted by Gasteiger charge is 2.12. The summed E-state index contributed by atoms with van der Waals surface area (Å²) in [6.07, 6.45) is 3.90. The molecule has 0 bridgehead atoms. The molecule has 1 rings (SSSR count). The minimum absolute atomic E-state index is 0.0326. The average Bonchev–Trinajstić information content (AvgIpc) is 2.37. The van der Waals surface area contributed by atoms with Gasteiger partial charge in [0.05, 0.1) is 12.6 Å². The van der Waals surface area contributed by atoms with E-state index in [0.717, 1.165) is 18.4 Å². The molecule has 0 unspecified atom stereocenters. The smallest absolute Gasteiger partial charge is 0.220 e. The highest BCUT2D eigenvalue weighted by Crippen LogP contribution is 2.12. The van der Waals surface area contributed by atoms with E-state index in [1.165, 1.54) is 0 Å². The van der Waals surface area contributed by atoms with Gasteiger partial charge < -0.3 is 10.4 Å². The van der Waals surface area contributed by atoms with Crippen molar-refractivity contribution in [1.29, 1.82) is 0 Å². The van der Waals surface area contributed by atoms with Crippen LogP contribution in [0.15, 0.2) is 43.0 Å². The van der Waals surface area contributed by atoms with Crippen molar-refractivity contribution in [2.24, 2.45) is 0 Å². The molecule has 1 atom stereocenters. The first kappa shape index (κ1) is 13.5. The molecule has 1 aromatic rings. The Bertz CT molecular complexity index is 348. The number of hydrogen-bond donors (Lipinski definition) is 2. The highest BCUT2D eigenvalue weighted by molar-refractivity contribution is 5.76. The van der Waals surface area contributed by atoms with Crippen LogP contribution in [0.2, 0.25) is 0 Å². The molecule has 0 spiro atoms. The number of benzene rings is 1. The SMILES string of the molecule is C=CCCCC(=O)N[C@@H](CO)c1ccccc1. The Kier molecular flexibility index (Phi) is 6.04. The molecule has 0 saturated heterocycles. The standard InChI is InChI=1S/C14H19NO2/c1-2-3-5-10-14(17)15-13(11-16)12-8-6-4-7-9-12/h2,4,6-9,13,16H,1,3,5,10-11H2,(H,15,17)/t13-/m0/s1. The van der Waals surface area contributed by atoms with E-state index >= 15 is 0 Å². The lowest BCUT2D eigenvalue weighted by Crippen LogP contribution is -2.30. The fraction of sp³-hybridized carbons (Fsp3) is 0.357. The predicted molar refractivity (Wildman–Crippen MR) is 68.5 cm³/mol. The molecule has 3 nitrogen and oxygen atoms in total. The molecule has 92 valence electrons. The molecule has 1 amide bonds. The summed E-state index contributed by atoms with van der Waals surface area (Å²) in [5.74, 6) is -0.0326. The van der Waals surface area contributed by atoms with Crippen LogP contribution in [0.1, 0.15) is 30.9 Å². The molecule has 0 saturated carbocycles. The lowest BCUT2D eigenvalue weighted by molar-refractivity contribution is -0.122. The van der Waals surface area contributed by atoms with Gasteiger partial charge in [0.1, 0.15) is 0 Å². The Hall–Kier alpha value is -1.61. The summed E-state index contributed by atoms with van der Waals surface area (Å²) in [5.41, 5.74) is 0.923. The van der Waals surface area contributed by atoms with Crippen molar-refractivity contribution < 1.29 is 9.90 Å². The van der Waals surface area contributed by atoms with E-state index in [-0.39, 0.29) is 18.6 Å². The Morgan fingerprint density at radius 3 is 2.71 bits per heavy atom. The Labute approximate surface area is 102 Å². The van der Waals surface area contributed by atoms with Crippen molar-refractivity contribution in [3.8, 4) is 0 Å². The maximum absolute atomic E-state index is 11.6. The van der Waals surface area contributed by atoms with Crippen molar-refractivity contribution in [1.82, 2.24) is 5.32 Å². The predicted octanol–water partition coefficient (Wildman–Crippen LogP) is 2.19. The highest BCUT2D eigenvalue weighted by atomic mass is 16.3. The van der Waals surface area contributed by atoms with Crippen LogP contribution in [0.3, 0.4) is 0 Å². The van der Waals surface area contributed by atoms with E-state index in [2.05, 4.69) is 11.9 Å². The van der Waals surface area contributed by atoms with E-state index in [1.807, 2.05) is 30.3 Å². The van der Waals surface area contributed by atoms with E-state index in [0.29, 0.717) is 6.42 Å². The van der Waals surface area contributed by atoms with Gasteiger partial charge in [-0.3, -0.25) is 4.79 Å². The number of allylic oxidation sites excluding steroid dienone is 1. The van der Waals surface area contributed by atoms with Crippen molar-refractivity contribution in [3.63, 3.8) is 0 Å². The molecule has 0 aromatic heterocycles. The van der Waals surface area contributed by atoms with Gasteiger partial charge in [-0.2, -0.15) is 0 Å². The van der Waals surface area contributed by atoms with Crippen LogP contribution in [-0.2, 0) is 4.79 Å². The number of aliphatic hydroxyl groups excluding tert-OH is 1. The summed E-state index contributed by atoms with van der Waals surface area (Å²) in [6, 6.07) is 9.16. The number of nitrogens with one attached hydrogen (secondary N) is 1. The Morgan fingerprint density at radius 1 is 1.41 bits per heavy atom. The monoisotopic (exact) mass is 233 g/mol. The largest absolute Gasteiger partial charge is 0.394 e. The molecule has 0 fully saturated rings. The summed E-state index contributed by atoms with van der Waals surface area (Å²) >= 11 is 0. The Morgan fingerprint density at radius 2 is 2.12 bits per heavy atom. The first-order valence-corrected chi connectivity index (χ1v) is 5.84. The second kappa shape index (κ2) is 7.63. The van der Waals surface area contributed by atoms with Gasteiger partial charge in [-0.25, -0.2) is 0 Å². The minimum Gasteiger partial charge on any atom is -0.394 e. The van der Waals surface area contributed by atoms with Crippen LogP contribution in [0.4, 0.5) is 0 Å². The van der Waals surface area contributed by atoms with Gasteiger partial charge in [-0.05, 0) is 18.4 Å². The average molecular weight is 233 g/mol. The summed E-state index contributed by atoms with van der Waals surface area (Å²) < 4.78 is 0. The van der Waals surface area contributed by atoms with Crippen LogP contribution in [-0.4, -0.2) is 17.6 Å². The van der Waals surface area contributed by atoms with Crippen LogP contribution in [0.25, 0.3) is 0 Å².